The molecule has 1 aliphatic heterocycles. The Bertz CT molecular complexity index is 1550. The lowest BCUT2D eigenvalue weighted by Gasteiger charge is -2.21. The molecular weight excluding hydrogens is 448 g/mol. The number of benzene rings is 3. The smallest absolute Gasteiger partial charge is 0.233 e. The van der Waals surface area contributed by atoms with E-state index >= 15 is 0 Å². The van der Waals surface area contributed by atoms with E-state index in [9.17, 15) is 4.79 Å². The second kappa shape index (κ2) is 8.53. The fourth-order valence-electron chi connectivity index (χ4n) is 4.20. The van der Waals surface area contributed by atoms with Crippen LogP contribution in [0.5, 0.6) is 11.5 Å². The van der Waals surface area contributed by atoms with Gasteiger partial charge < -0.3 is 14.4 Å². The lowest BCUT2D eigenvalue weighted by atomic mass is 10.2. The van der Waals surface area contributed by atoms with Gasteiger partial charge >= 0.3 is 0 Å². The number of aromatic nitrogens is 3. The van der Waals surface area contributed by atoms with Crippen LogP contribution in [-0.4, -0.2) is 51.2 Å². The Morgan fingerprint density at radius 1 is 0.971 bits per heavy atom. The van der Waals surface area contributed by atoms with E-state index in [0.717, 1.165) is 49.8 Å². The Hall–Kier alpha value is -3.78. The van der Waals surface area contributed by atoms with Crippen LogP contribution in [0.2, 0.25) is 0 Å². The summed E-state index contributed by atoms with van der Waals surface area (Å²) in [5, 5.41) is 1.74. The fraction of sp³-hybridized carbons (Fsp3) is 0.192. The van der Waals surface area contributed by atoms with Gasteiger partial charge in [-0.3, -0.25) is 9.20 Å². The number of hydrogen-bond acceptors (Lipinski definition) is 6. The lowest BCUT2D eigenvalue weighted by Crippen LogP contribution is -2.28. The Morgan fingerprint density at radius 3 is 2.62 bits per heavy atom. The molecule has 1 amide bonds. The van der Waals surface area contributed by atoms with E-state index in [-0.39, 0.29) is 11.7 Å². The molecule has 0 radical (unpaired) electrons. The van der Waals surface area contributed by atoms with Gasteiger partial charge in [-0.2, -0.15) is 0 Å². The molecular formula is C26H22N4O3S. The van der Waals surface area contributed by atoms with Crippen molar-refractivity contribution in [3.05, 3.63) is 72.3 Å². The molecule has 0 saturated carbocycles. The summed E-state index contributed by atoms with van der Waals surface area (Å²) in [6, 6.07) is 21.8. The average Bonchev–Trinajstić information content (AvgIpc) is 3.27. The maximum Gasteiger partial charge on any atom is 0.233 e. The monoisotopic (exact) mass is 470 g/mol. The predicted octanol–water partition coefficient (Wildman–Crippen LogP) is 4.56. The van der Waals surface area contributed by atoms with E-state index < -0.39 is 0 Å². The number of carbonyl (C=O) groups is 1. The fourth-order valence-corrected chi connectivity index (χ4v) is 5.14. The zero-order valence-corrected chi connectivity index (χ0v) is 19.4. The third kappa shape index (κ3) is 3.70. The molecule has 0 bridgehead atoms. The number of nitrogens with zero attached hydrogens (tertiary/aromatic N) is 4. The highest BCUT2D eigenvalue weighted by Crippen LogP contribution is 2.32. The topological polar surface area (TPSA) is 69.0 Å². The number of hydrogen-bond donors (Lipinski definition) is 0. The van der Waals surface area contributed by atoms with Gasteiger partial charge in [0.15, 0.2) is 16.7 Å². The molecule has 0 N–H and O–H groups in total. The number of imidazole rings is 1. The number of carbonyl (C=O) groups excluding carboxylic acids is 1. The molecule has 7 nitrogen and oxygen atoms in total. The molecule has 0 atom stereocenters. The Morgan fingerprint density at radius 2 is 1.74 bits per heavy atom. The van der Waals surface area contributed by atoms with Gasteiger partial charge in [0.25, 0.3) is 0 Å². The summed E-state index contributed by atoms with van der Waals surface area (Å²) in [7, 11) is 1.82. The molecule has 0 fully saturated rings. The summed E-state index contributed by atoms with van der Waals surface area (Å²) in [4.78, 5) is 24.5. The predicted molar refractivity (Wildman–Crippen MR) is 133 cm³/mol. The molecule has 0 spiro atoms. The first kappa shape index (κ1) is 20.8. The van der Waals surface area contributed by atoms with Crippen molar-refractivity contribution in [3.63, 3.8) is 0 Å². The number of rotatable bonds is 5. The van der Waals surface area contributed by atoms with Crippen molar-refractivity contribution in [2.24, 2.45) is 0 Å². The number of para-hydroxylation sites is 3. The van der Waals surface area contributed by atoms with E-state index in [2.05, 4.69) is 4.40 Å². The molecule has 0 saturated heterocycles. The minimum Gasteiger partial charge on any atom is -0.486 e. The van der Waals surface area contributed by atoms with E-state index in [1.54, 1.807) is 4.90 Å². The van der Waals surface area contributed by atoms with Gasteiger partial charge in [-0.05, 0) is 42.0 Å². The van der Waals surface area contributed by atoms with Gasteiger partial charge in [0.1, 0.15) is 18.9 Å². The molecule has 8 heteroatoms. The minimum atomic E-state index is 0.0208. The standard InChI is InChI=1S/C26H22N4O3S/c1-29(15-17-10-11-22-23(14-17)33-13-12-32-22)24(31)16-34-26-28-19-7-3-2-6-18(19)25-27-20-8-4-5-9-21(20)30(25)26/h2-11,14H,12-13,15-16H2,1H3. The first-order chi connectivity index (χ1) is 16.7. The van der Waals surface area contributed by atoms with Crippen molar-refractivity contribution in [1.82, 2.24) is 19.3 Å². The number of amides is 1. The second-order valence-electron chi connectivity index (χ2n) is 8.19. The zero-order chi connectivity index (χ0) is 23.1. The summed E-state index contributed by atoms with van der Waals surface area (Å²) in [6.07, 6.45) is 0. The molecule has 34 heavy (non-hydrogen) atoms. The number of ether oxygens (including phenoxy) is 2. The SMILES string of the molecule is CN(Cc1ccc2c(c1)OCCO2)C(=O)CSc1nc2ccccc2c2nc3ccccc3n12. The molecule has 3 aromatic carbocycles. The Balaban J connectivity index is 1.26. The third-order valence-corrected chi connectivity index (χ3v) is 6.81. The van der Waals surface area contributed by atoms with Crippen molar-refractivity contribution >= 4 is 45.3 Å². The summed E-state index contributed by atoms with van der Waals surface area (Å²) in [6.45, 7) is 1.59. The van der Waals surface area contributed by atoms with Gasteiger partial charge in [-0.25, -0.2) is 9.97 Å². The first-order valence-corrected chi connectivity index (χ1v) is 12.1. The minimum absolute atomic E-state index is 0.0208. The largest absolute Gasteiger partial charge is 0.486 e. The molecule has 6 rings (SSSR count). The summed E-state index contributed by atoms with van der Waals surface area (Å²) < 4.78 is 13.3. The highest BCUT2D eigenvalue weighted by molar-refractivity contribution is 7.99. The van der Waals surface area contributed by atoms with Crippen molar-refractivity contribution in [2.45, 2.75) is 11.7 Å². The van der Waals surface area contributed by atoms with Gasteiger partial charge in [0.05, 0.1) is 22.3 Å². The molecule has 170 valence electrons. The van der Waals surface area contributed by atoms with Crippen LogP contribution in [-0.2, 0) is 11.3 Å². The van der Waals surface area contributed by atoms with Crippen molar-refractivity contribution in [1.29, 1.82) is 0 Å². The van der Waals surface area contributed by atoms with Gasteiger partial charge in [0, 0.05) is 19.0 Å². The van der Waals surface area contributed by atoms with Crippen molar-refractivity contribution in [3.8, 4) is 11.5 Å². The van der Waals surface area contributed by atoms with Crippen LogP contribution in [0.1, 0.15) is 5.56 Å². The molecule has 1 aliphatic rings. The highest BCUT2D eigenvalue weighted by Gasteiger charge is 2.18. The van der Waals surface area contributed by atoms with Gasteiger partial charge in [-0.15, -0.1) is 0 Å². The molecule has 0 aliphatic carbocycles. The quantitative estimate of drug-likeness (QED) is 0.277. The Kier molecular flexibility index (Phi) is 5.22. The number of fused-ring (bicyclic) bond motifs is 6. The summed E-state index contributed by atoms with van der Waals surface area (Å²) >= 11 is 1.43. The second-order valence-corrected chi connectivity index (χ2v) is 9.13. The third-order valence-electron chi connectivity index (χ3n) is 5.89. The molecule has 2 aromatic heterocycles. The van der Waals surface area contributed by atoms with Crippen LogP contribution in [0.25, 0.3) is 27.6 Å². The highest BCUT2D eigenvalue weighted by atomic mass is 32.2. The van der Waals surface area contributed by atoms with Crippen LogP contribution in [0.4, 0.5) is 0 Å². The van der Waals surface area contributed by atoms with E-state index in [4.69, 9.17) is 19.4 Å². The number of thioether (sulfide) groups is 1. The van der Waals surface area contributed by atoms with E-state index in [0.29, 0.717) is 19.8 Å². The zero-order valence-electron chi connectivity index (χ0n) is 18.6. The van der Waals surface area contributed by atoms with Crippen molar-refractivity contribution < 1.29 is 14.3 Å². The van der Waals surface area contributed by atoms with Crippen LogP contribution in [0.15, 0.2) is 71.9 Å². The summed E-state index contributed by atoms with van der Waals surface area (Å²) in [5.41, 5.74) is 4.60. The van der Waals surface area contributed by atoms with Crippen LogP contribution in [0.3, 0.4) is 0 Å². The van der Waals surface area contributed by atoms with Crippen LogP contribution >= 0.6 is 11.8 Å². The van der Waals surface area contributed by atoms with E-state index in [1.165, 1.54) is 11.8 Å². The molecule has 3 heterocycles. The summed E-state index contributed by atoms with van der Waals surface area (Å²) in [5.74, 6) is 1.77. The van der Waals surface area contributed by atoms with Crippen LogP contribution < -0.4 is 9.47 Å². The van der Waals surface area contributed by atoms with Gasteiger partial charge in [0.2, 0.25) is 5.91 Å². The lowest BCUT2D eigenvalue weighted by molar-refractivity contribution is -0.127. The van der Waals surface area contributed by atoms with Crippen LogP contribution in [0, 0.1) is 0 Å². The first-order valence-electron chi connectivity index (χ1n) is 11.1. The van der Waals surface area contributed by atoms with Gasteiger partial charge in [-0.1, -0.05) is 42.1 Å². The normalized spacial score (nSPS) is 13.0. The molecule has 0 unspecified atom stereocenters. The van der Waals surface area contributed by atoms with E-state index in [1.807, 2.05) is 73.8 Å². The maximum absolute atomic E-state index is 13.0. The maximum atomic E-state index is 13.0. The molecule has 5 aromatic rings. The van der Waals surface area contributed by atoms with Crippen molar-refractivity contribution in [2.75, 3.05) is 26.0 Å². The Labute approximate surface area is 200 Å². The average molecular weight is 471 g/mol.